The van der Waals surface area contributed by atoms with Crippen molar-refractivity contribution < 1.29 is 8.42 Å². The third kappa shape index (κ3) is 3.57. The van der Waals surface area contributed by atoms with Crippen LogP contribution in [-0.4, -0.2) is 53.2 Å². The van der Waals surface area contributed by atoms with Crippen LogP contribution in [0.5, 0.6) is 0 Å². The van der Waals surface area contributed by atoms with Gasteiger partial charge in [0.15, 0.2) is 9.84 Å². The van der Waals surface area contributed by atoms with Crippen molar-refractivity contribution >= 4 is 26.8 Å². The van der Waals surface area contributed by atoms with Crippen molar-refractivity contribution in [1.82, 2.24) is 19.9 Å². The number of benzene rings is 2. The number of aromatic nitrogens is 3. The van der Waals surface area contributed by atoms with E-state index in [1.807, 2.05) is 31.2 Å². The summed E-state index contributed by atoms with van der Waals surface area (Å²) >= 11 is 0. The van der Waals surface area contributed by atoms with Gasteiger partial charge in [0, 0.05) is 13.1 Å². The molecule has 0 aliphatic carbocycles. The zero-order valence-corrected chi connectivity index (χ0v) is 15.9. The summed E-state index contributed by atoms with van der Waals surface area (Å²) in [4.78, 5) is 6.84. The number of rotatable bonds is 3. The minimum absolute atomic E-state index is 0.279. The third-order valence-corrected chi connectivity index (χ3v) is 6.15. The molecule has 3 aromatic rings. The van der Waals surface area contributed by atoms with Crippen molar-refractivity contribution in [2.75, 3.05) is 19.0 Å². The second-order valence-corrected chi connectivity index (χ2v) is 8.66. The standard InChI is InChI=1S/C19H21N5O2S/c1-15-8-10-16(11-9-15)27(25,26)14-20-19(23-12-4-5-13-23)24-18-7-3-2-6-17(18)21-22-24/h2-3,6-11H,4-5,12-14H2,1H3/b20-19+. The van der Waals surface area contributed by atoms with Crippen molar-refractivity contribution in [2.24, 2.45) is 4.99 Å². The predicted octanol–water partition coefficient (Wildman–Crippen LogP) is 2.47. The number of aliphatic imine (C=N–C) groups is 1. The van der Waals surface area contributed by atoms with Gasteiger partial charge in [0.05, 0.1) is 10.4 Å². The molecule has 7 nitrogen and oxygen atoms in total. The summed E-state index contributed by atoms with van der Waals surface area (Å²) in [6.07, 6.45) is 2.10. The Balaban J connectivity index is 1.72. The number of likely N-dealkylation sites (tertiary alicyclic amines) is 1. The zero-order valence-electron chi connectivity index (χ0n) is 15.1. The van der Waals surface area contributed by atoms with Gasteiger partial charge in [0.25, 0.3) is 0 Å². The smallest absolute Gasteiger partial charge is 0.224 e. The van der Waals surface area contributed by atoms with Gasteiger partial charge in [-0.15, -0.1) is 5.10 Å². The highest BCUT2D eigenvalue weighted by Crippen LogP contribution is 2.17. The highest BCUT2D eigenvalue weighted by molar-refractivity contribution is 7.91. The normalized spacial score (nSPS) is 15.6. The molecule has 8 heteroatoms. The topological polar surface area (TPSA) is 80.5 Å². The molecule has 0 radical (unpaired) electrons. The lowest BCUT2D eigenvalue weighted by Crippen LogP contribution is -2.35. The van der Waals surface area contributed by atoms with Crippen molar-refractivity contribution in [3.8, 4) is 0 Å². The van der Waals surface area contributed by atoms with Gasteiger partial charge < -0.3 is 4.90 Å². The molecular weight excluding hydrogens is 362 g/mol. The Kier molecular flexibility index (Phi) is 4.65. The van der Waals surface area contributed by atoms with E-state index in [2.05, 4.69) is 20.2 Å². The molecular formula is C19H21N5O2S. The second kappa shape index (κ2) is 7.11. The summed E-state index contributed by atoms with van der Waals surface area (Å²) in [7, 11) is -3.52. The molecule has 0 spiro atoms. The fourth-order valence-corrected chi connectivity index (χ4v) is 4.18. The number of para-hydroxylation sites is 1. The maximum atomic E-state index is 12.7. The highest BCUT2D eigenvalue weighted by Gasteiger charge is 2.22. The van der Waals surface area contributed by atoms with Gasteiger partial charge in [-0.05, 0) is 44.0 Å². The van der Waals surface area contributed by atoms with Gasteiger partial charge in [-0.25, -0.2) is 13.4 Å². The van der Waals surface area contributed by atoms with E-state index in [4.69, 9.17) is 0 Å². The molecule has 1 saturated heterocycles. The summed E-state index contributed by atoms with van der Waals surface area (Å²) < 4.78 is 27.1. The Bertz CT molecular complexity index is 1080. The summed E-state index contributed by atoms with van der Waals surface area (Å²) in [5.41, 5.74) is 2.59. The fourth-order valence-electron chi connectivity index (χ4n) is 3.20. The molecule has 4 rings (SSSR count). The summed E-state index contributed by atoms with van der Waals surface area (Å²) in [5.74, 6) is 0.215. The molecule has 0 atom stereocenters. The molecule has 0 N–H and O–H groups in total. The van der Waals surface area contributed by atoms with Crippen LogP contribution in [0.1, 0.15) is 18.4 Å². The number of aryl methyl sites for hydroxylation is 1. The molecule has 0 bridgehead atoms. The van der Waals surface area contributed by atoms with Gasteiger partial charge >= 0.3 is 0 Å². The van der Waals surface area contributed by atoms with Crippen molar-refractivity contribution in [2.45, 2.75) is 24.7 Å². The van der Waals surface area contributed by atoms with Crippen LogP contribution in [0.25, 0.3) is 11.0 Å². The lowest BCUT2D eigenvalue weighted by molar-refractivity contribution is 0.491. The number of sulfone groups is 1. The molecule has 1 aromatic heterocycles. The van der Waals surface area contributed by atoms with Crippen LogP contribution >= 0.6 is 0 Å². The van der Waals surface area contributed by atoms with E-state index in [1.165, 1.54) is 0 Å². The number of hydrogen-bond donors (Lipinski definition) is 0. The molecule has 1 aliphatic rings. The lowest BCUT2D eigenvalue weighted by atomic mass is 10.2. The van der Waals surface area contributed by atoms with Gasteiger partial charge in [0.2, 0.25) is 5.96 Å². The highest BCUT2D eigenvalue weighted by atomic mass is 32.2. The largest absolute Gasteiger partial charge is 0.341 e. The average molecular weight is 383 g/mol. The monoisotopic (exact) mass is 383 g/mol. The molecule has 1 aliphatic heterocycles. The molecule has 27 heavy (non-hydrogen) atoms. The summed E-state index contributed by atoms with van der Waals surface area (Å²) in [6, 6.07) is 14.4. The van der Waals surface area contributed by atoms with Crippen LogP contribution in [0.3, 0.4) is 0 Å². The SMILES string of the molecule is Cc1ccc(S(=O)(=O)C/N=C(\N2CCCC2)n2nnc3ccccc32)cc1. The van der Waals surface area contributed by atoms with Gasteiger partial charge in [0.1, 0.15) is 11.4 Å². The van der Waals surface area contributed by atoms with Crippen LogP contribution in [0.2, 0.25) is 0 Å². The quantitative estimate of drug-likeness (QED) is 0.513. The summed E-state index contributed by atoms with van der Waals surface area (Å²) in [5, 5.41) is 8.40. The molecule has 2 aromatic carbocycles. The zero-order chi connectivity index (χ0) is 18.9. The van der Waals surface area contributed by atoms with Crippen LogP contribution in [0.15, 0.2) is 58.4 Å². The Labute approximate surface area is 158 Å². The molecule has 0 saturated carbocycles. The van der Waals surface area contributed by atoms with E-state index in [9.17, 15) is 8.42 Å². The first-order valence-corrected chi connectivity index (χ1v) is 10.6. The van der Waals surface area contributed by atoms with Crippen LogP contribution < -0.4 is 0 Å². The third-order valence-electron chi connectivity index (χ3n) is 4.69. The maximum absolute atomic E-state index is 12.7. The van der Waals surface area contributed by atoms with E-state index in [0.717, 1.165) is 42.5 Å². The van der Waals surface area contributed by atoms with Gasteiger partial charge in [-0.1, -0.05) is 35.0 Å². The first kappa shape index (κ1) is 17.7. The van der Waals surface area contributed by atoms with Crippen molar-refractivity contribution in [3.63, 3.8) is 0 Å². The summed E-state index contributed by atoms with van der Waals surface area (Å²) in [6.45, 7) is 3.59. The molecule has 1 fully saturated rings. The molecule has 140 valence electrons. The van der Waals surface area contributed by atoms with Gasteiger partial charge in [-0.2, -0.15) is 4.68 Å². The van der Waals surface area contributed by atoms with E-state index >= 15 is 0 Å². The molecule has 2 heterocycles. The van der Waals surface area contributed by atoms with E-state index in [0.29, 0.717) is 5.96 Å². The minimum Gasteiger partial charge on any atom is -0.341 e. The predicted molar refractivity (Wildman–Crippen MR) is 104 cm³/mol. The Hall–Kier alpha value is -2.74. The first-order valence-electron chi connectivity index (χ1n) is 8.94. The van der Waals surface area contributed by atoms with Crippen LogP contribution in [-0.2, 0) is 9.84 Å². The second-order valence-electron chi connectivity index (χ2n) is 6.70. The Morgan fingerprint density at radius 3 is 2.52 bits per heavy atom. The lowest BCUT2D eigenvalue weighted by Gasteiger charge is -2.20. The van der Waals surface area contributed by atoms with E-state index < -0.39 is 9.84 Å². The molecule has 0 unspecified atom stereocenters. The Morgan fingerprint density at radius 1 is 1.07 bits per heavy atom. The first-order chi connectivity index (χ1) is 13.0. The van der Waals surface area contributed by atoms with Crippen LogP contribution in [0.4, 0.5) is 0 Å². The van der Waals surface area contributed by atoms with Crippen molar-refractivity contribution in [3.05, 3.63) is 54.1 Å². The van der Waals surface area contributed by atoms with Crippen molar-refractivity contribution in [1.29, 1.82) is 0 Å². The van der Waals surface area contributed by atoms with Gasteiger partial charge in [-0.3, -0.25) is 0 Å². The number of hydrogen-bond acceptors (Lipinski definition) is 5. The fraction of sp³-hybridized carbons (Fsp3) is 0.316. The number of nitrogens with zero attached hydrogens (tertiary/aromatic N) is 5. The Morgan fingerprint density at radius 2 is 1.78 bits per heavy atom. The maximum Gasteiger partial charge on any atom is 0.224 e. The molecule has 0 amide bonds. The average Bonchev–Trinajstić information content (AvgIpc) is 3.33. The van der Waals surface area contributed by atoms with E-state index in [1.54, 1.807) is 28.9 Å². The van der Waals surface area contributed by atoms with E-state index in [-0.39, 0.29) is 10.8 Å². The van der Waals surface area contributed by atoms with Crippen LogP contribution in [0, 0.1) is 6.92 Å². The minimum atomic E-state index is -3.52. The number of fused-ring (bicyclic) bond motifs is 1.